The molecular weight excluding hydrogens is 400 g/mol. The fourth-order valence-corrected chi connectivity index (χ4v) is 5.97. The Bertz CT molecular complexity index is 962. The lowest BCUT2D eigenvalue weighted by Gasteiger charge is -2.25. The zero-order chi connectivity index (χ0) is 20.1. The third kappa shape index (κ3) is 4.60. The van der Waals surface area contributed by atoms with Gasteiger partial charge in [-0.25, -0.2) is 13.2 Å². The lowest BCUT2D eigenvalue weighted by atomic mass is 10.1. The third-order valence-corrected chi connectivity index (χ3v) is 7.97. The van der Waals surface area contributed by atoms with Crippen LogP contribution >= 0.6 is 11.3 Å². The summed E-state index contributed by atoms with van der Waals surface area (Å²) in [6, 6.07) is 9.54. The van der Waals surface area contributed by atoms with Gasteiger partial charge in [0.15, 0.2) is 0 Å². The quantitative estimate of drug-likeness (QED) is 0.723. The summed E-state index contributed by atoms with van der Waals surface area (Å²) in [7, 11) is -2.18. The van der Waals surface area contributed by atoms with Gasteiger partial charge < -0.3 is 10.1 Å². The fourth-order valence-electron chi connectivity index (χ4n) is 3.00. The Morgan fingerprint density at radius 3 is 2.54 bits per heavy atom. The van der Waals surface area contributed by atoms with Crippen molar-refractivity contribution in [2.45, 2.75) is 30.0 Å². The third-order valence-electron chi connectivity index (χ3n) is 4.52. The molecule has 1 aliphatic heterocycles. The van der Waals surface area contributed by atoms with Crippen LogP contribution in [0.15, 0.2) is 40.6 Å². The van der Waals surface area contributed by atoms with E-state index < -0.39 is 16.0 Å². The Balaban J connectivity index is 1.64. The van der Waals surface area contributed by atoms with Gasteiger partial charge in [-0.3, -0.25) is 4.79 Å². The maximum atomic E-state index is 12.7. The number of hydrogen-bond donors (Lipinski definition) is 1. The highest BCUT2D eigenvalue weighted by molar-refractivity contribution is 7.91. The number of nitrogens with one attached hydrogen (secondary N) is 1. The molecule has 0 atom stereocenters. The zero-order valence-corrected chi connectivity index (χ0v) is 17.1. The van der Waals surface area contributed by atoms with E-state index in [0.29, 0.717) is 28.4 Å². The number of nitrogens with zero attached hydrogens (tertiary/aromatic N) is 1. The molecule has 1 amide bonds. The lowest BCUT2D eigenvalue weighted by molar-refractivity contribution is 0.0600. The fraction of sp³-hybridized carbons (Fsp3) is 0.368. The number of esters is 1. The predicted octanol–water partition coefficient (Wildman–Crippen LogP) is 2.64. The second kappa shape index (κ2) is 8.85. The van der Waals surface area contributed by atoms with Crippen LogP contribution in [0, 0.1) is 0 Å². The summed E-state index contributed by atoms with van der Waals surface area (Å²) >= 11 is 1.16. The van der Waals surface area contributed by atoms with Crippen LogP contribution in [0.4, 0.5) is 0 Å². The van der Waals surface area contributed by atoms with Crippen LogP contribution < -0.4 is 5.32 Å². The summed E-state index contributed by atoms with van der Waals surface area (Å²) < 4.78 is 31.9. The maximum absolute atomic E-state index is 12.7. The molecule has 0 saturated carbocycles. The van der Waals surface area contributed by atoms with Crippen LogP contribution in [0.2, 0.25) is 0 Å². The zero-order valence-electron chi connectivity index (χ0n) is 15.5. The number of sulfonamides is 1. The first-order valence-corrected chi connectivity index (χ1v) is 11.2. The minimum Gasteiger partial charge on any atom is -0.465 e. The van der Waals surface area contributed by atoms with E-state index in [-0.39, 0.29) is 12.5 Å². The van der Waals surface area contributed by atoms with Gasteiger partial charge in [0.05, 0.1) is 19.2 Å². The number of rotatable bonds is 6. The van der Waals surface area contributed by atoms with Gasteiger partial charge in [0.25, 0.3) is 15.9 Å². The van der Waals surface area contributed by atoms with Crippen LogP contribution in [-0.4, -0.2) is 44.8 Å². The van der Waals surface area contributed by atoms with E-state index in [4.69, 9.17) is 0 Å². The number of carbonyl (C=O) groups is 2. The lowest BCUT2D eigenvalue weighted by Crippen LogP contribution is -2.35. The molecule has 9 heteroatoms. The standard InChI is InChI=1S/C19H22N2O5S2/c1-26-19(23)15-7-5-6-14(12-15)18(22)20-13-16-8-9-17(27-16)28(24,25)21-10-3-2-4-11-21/h5-9,12H,2-4,10-11,13H2,1H3,(H,20,22). The van der Waals surface area contributed by atoms with Crippen molar-refractivity contribution in [1.29, 1.82) is 0 Å². The van der Waals surface area contributed by atoms with E-state index in [1.54, 1.807) is 30.3 Å². The van der Waals surface area contributed by atoms with Gasteiger partial charge in [-0.2, -0.15) is 4.31 Å². The average molecular weight is 423 g/mol. The van der Waals surface area contributed by atoms with Crippen molar-refractivity contribution in [1.82, 2.24) is 9.62 Å². The van der Waals surface area contributed by atoms with Crippen LogP contribution in [0.1, 0.15) is 44.9 Å². The maximum Gasteiger partial charge on any atom is 0.337 e. The number of thiophene rings is 1. The summed E-state index contributed by atoms with van der Waals surface area (Å²) in [6.45, 7) is 1.33. The normalized spacial score (nSPS) is 15.2. The molecule has 2 aromatic rings. The highest BCUT2D eigenvalue weighted by atomic mass is 32.2. The summed E-state index contributed by atoms with van der Waals surface area (Å²) in [4.78, 5) is 24.7. The number of ether oxygens (including phenoxy) is 1. The average Bonchev–Trinajstić information content (AvgIpc) is 3.22. The van der Waals surface area contributed by atoms with E-state index in [0.717, 1.165) is 35.5 Å². The highest BCUT2D eigenvalue weighted by Gasteiger charge is 2.27. The molecule has 1 aromatic heterocycles. The Hall–Kier alpha value is -2.23. The van der Waals surface area contributed by atoms with Crippen molar-refractivity contribution >= 4 is 33.2 Å². The minimum absolute atomic E-state index is 0.210. The summed E-state index contributed by atoms with van der Waals surface area (Å²) in [5.41, 5.74) is 0.627. The van der Waals surface area contributed by atoms with Gasteiger partial charge in [0.1, 0.15) is 4.21 Å². The van der Waals surface area contributed by atoms with Gasteiger partial charge in [-0.05, 0) is 43.2 Å². The predicted molar refractivity (Wildman–Crippen MR) is 106 cm³/mol. The molecule has 28 heavy (non-hydrogen) atoms. The van der Waals surface area contributed by atoms with Gasteiger partial charge >= 0.3 is 5.97 Å². The van der Waals surface area contributed by atoms with Crippen LogP contribution in [0.25, 0.3) is 0 Å². The van der Waals surface area contributed by atoms with Gasteiger partial charge in [-0.1, -0.05) is 12.5 Å². The molecule has 0 radical (unpaired) electrons. The van der Waals surface area contributed by atoms with Crippen LogP contribution in [0.3, 0.4) is 0 Å². The van der Waals surface area contributed by atoms with Crippen molar-refractivity contribution < 1.29 is 22.7 Å². The molecule has 1 N–H and O–H groups in total. The van der Waals surface area contributed by atoms with Crippen molar-refractivity contribution in [3.63, 3.8) is 0 Å². The van der Waals surface area contributed by atoms with Crippen LogP contribution in [0.5, 0.6) is 0 Å². The molecule has 1 saturated heterocycles. The molecule has 0 unspecified atom stereocenters. The minimum atomic E-state index is -3.46. The molecule has 1 aliphatic rings. The van der Waals surface area contributed by atoms with E-state index in [2.05, 4.69) is 10.1 Å². The number of methoxy groups -OCH3 is 1. The van der Waals surface area contributed by atoms with Crippen molar-refractivity contribution in [2.75, 3.05) is 20.2 Å². The van der Waals surface area contributed by atoms with Crippen molar-refractivity contribution in [3.8, 4) is 0 Å². The number of benzene rings is 1. The molecular formula is C19H22N2O5S2. The Morgan fingerprint density at radius 2 is 1.82 bits per heavy atom. The molecule has 0 spiro atoms. The Labute approximate surface area is 168 Å². The monoisotopic (exact) mass is 422 g/mol. The largest absolute Gasteiger partial charge is 0.465 e. The Kier molecular flexibility index (Phi) is 6.48. The number of carbonyl (C=O) groups excluding carboxylic acids is 2. The molecule has 1 aromatic carbocycles. The summed E-state index contributed by atoms with van der Waals surface area (Å²) in [6.07, 6.45) is 2.83. The second-order valence-corrected chi connectivity index (χ2v) is 9.77. The van der Waals surface area contributed by atoms with Crippen molar-refractivity contribution in [2.24, 2.45) is 0 Å². The first-order valence-electron chi connectivity index (χ1n) is 8.97. The number of amides is 1. The van der Waals surface area contributed by atoms with Gasteiger partial charge in [0, 0.05) is 23.5 Å². The molecule has 0 bridgehead atoms. The van der Waals surface area contributed by atoms with E-state index in [1.165, 1.54) is 17.5 Å². The number of piperidine rings is 1. The molecule has 1 fully saturated rings. The molecule has 0 aliphatic carbocycles. The summed E-state index contributed by atoms with van der Waals surface area (Å²) in [5.74, 6) is -0.861. The SMILES string of the molecule is COC(=O)c1cccc(C(=O)NCc2ccc(S(=O)(=O)N3CCCCC3)s2)c1. The Morgan fingerprint density at radius 1 is 1.11 bits per heavy atom. The molecule has 150 valence electrons. The first kappa shape index (κ1) is 20.5. The van der Waals surface area contributed by atoms with E-state index >= 15 is 0 Å². The smallest absolute Gasteiger partial charge is 0.337 e. The topological polar surface area (TPSA) is 92.8 Å². The van der Waals surface area contributed by atoms with Crippen LogP contribution in [-0.2, 0) is 21.3 Å². The molecule has 3 rings (SSSR count). The van der Waals surface area contributed by atoms with Gasteiger partial charge in [-0.15, -0.1) is 11.3 Å². The molecule has 2 heterocycles. The van der Waals surface area contributed by atoms with E-state index in [1.807, 2.05) is 0 Å². The second-order valence-electron chi connectivity index (χ2n) is 6.44. The van der Waals surface area contributed by atoms with Crippen molar-refractivity contribution in [3.05, 3.63) is 52.4 Å². The summed E-state index contributed by atoms with van der Waals surface area (Å²) in [5, 5.41) is 2.75. The van der Waals surface area contributed by atoms with Gasteiger partial charge in [0.2, 0.25) is 0 Å². The first-order chi connectivity index (χ1) is 13.4. The number of hydrogen-bond acceptors (Lipinski definition) is 6. The molecule has 7 nitrogen and oxygen atoms in total. The van der Waals surface area contributed by atoms with E-state index in [9.17, 15) is 18.0 Å². The highest BCUT2D eigenvalue weighted by Crippen LogP contribution is 2.27.